The number of fused-ring (bicyclic) bond motifs is 1. The molecule has 1 saturated heterocycles. The summed E-state index contributed by atoms with van der Waals surface area (Å²) in [5, 5.41) is 3.60. The van der Waals surface area contributed by atoms with Crippen LogP contribution in [0, 0.1) is 0 Å². The van der Waals surface area contributed by atoms with Crippen LogP contribution in [-0.4, -0.2) is 48.2 Å². The molecule has 1 aromatic carbocycles. The predicted molar refractivity (Wildman–Crippen MR) is 97.7 cm³/mol. The second-order valence-electron chi connectivity index (χ2n) is 6.62. The summed E-state index contributed by atoms with van der Waals surface area (Å²) in [6.07, 6.45) is 1.85. The molecule has 2 aliphatic heterocycles. The first-order valence-electron chi connectivity index (χ1n) is 8.98. The van der Waals surface area contributed by atoms with Crippen molar-refractivity contribution < 1.29 is 19.1 Å². The number of para-hydroxylation sites is 1. The molecule has 2 aromatic rings. The lowest BCUT2D eigenvalue weighted by molar-refractivity contribution is -0.167. The van der Waals surface area contributed by atoms with Crippen LogP contribution in [0.5, 0.6) is 0 Å². The minimum Gasteiger partial charge on any atom is -0.444 e. The van der Waals surface area contributed by atoms with Gasteiger partial charge in [0.05, 0.1) is 18.9 Å². The Morgan fingerprint density at radius 1 is 1.19 bits per heavy atom. The van der Waals surface area contributed by atoms with Gasteiger partial charge in [0.15, 0.2) is 0 Å². The molecule has 1 aromatic heterocycles. The maximum absolute atomic E-state index is 13.7. The highest BCUT2D eigenvalue weighted by atomic mass is 16.6. The molecule has 7 nitrogen and oxygen atoms in total. The van der Waals surface area contributed by atoms with Gasteiger partial charge in [-0.05, 0) is 18.2 Å². The summed E-state index contributed by atoms with van der Waals surface area (Å²) in [5.74, 6) is -0.774. The highest BCUT2D eigenvalue weighted by molar-refractivity contribution is 6.07. The molecule has 0 spiro atoms. The molecular formula is C20H21N3O4. The van der Waals surface area contributed by atoms with Crippen molar-refractivity contribution in [1.82, 2.24) is 9.99 Å². The third kappa shape index (κ3) is 3.09. The number of hydrogen-bond donors (Lipinski definition) is 0. The van der Waals surface area contributed by atoms with Crippen molar-refractivity contribution in [3.05, 3.63) is 59.9 Å². The van der Waals surface area contributed by atoms with Crippen molar-refractivity contribution in [1.29, 1.82) is 0 Å². The SMILES string of the molecule is CC(=O)OC1(Cc2ccccn2)C(=O)N(N2CCOCC2)c2ccccc21. The fourth-order valence-electron chi connectivity index (χ4n) is 3.74. The summed E-state index contributed by atoms with van der Waals surface area (Å²) in [5.41, 5.74) is 0.685. The van der Waals surface area contributed by atoms with Crippen LogP contribution in [0.1, 0.15) is 18.2 Å². The number of carbonyl (C=O) groups is 2. The molecule has 27 heavy (non-hydrogen) atoms. The van der Waals surface area contributed by atoms with Gasteiger partial charge < -0.3 is 9.47 Å². The molecule has 2 aliphatic rings. The predicted octanol–water partition coefficient (Wildman–Crippen LogP) is 1.68. The van der Waals surface area contributed by atoms with Crippen LogP contribution in [0.2, 0.25) is 0 Å². The van der Waals surface area contributed by atoms with E-state index in [1.807, 2.05) is 47.5 Å². The summed E-state index contributed by atoms with van der Waals surface area (Å²) < 4.78 is 11.2. The Morgan fingerprint density at radius 3 is 2.63 bits per heavy atom. The minimum atomic E-state index is -1.42. The van der Waals surface area contributed by atoms with E-state index in [1.165, 1.54) is 6.92 Å². The van der Waals surface area contributed by atoms with Gasteiger partial charge in [-0.3, -0.25) is 14.6 Å². The van der Waals surface area contributed by atoms with Gasteiger partial charge in [-0.2, -0.15) is 0 Å². The van der Waals surface area contributed by atoms with Crippen molar-refractivity contribution >= 4 is 17.6 Å². The summed E-state index contributed by atoms with van der Waals surface area (Å²) >= 11 is 0. The number of aromatic nitrogens is 1. The van der Waals surface area contributed by atoms with Gasteiger partial charge in [0, 0.05) is 43.9 Å². The number of pyridine rings is 1. The zero-order valence-corrected chi connectivity index (χ0v) is 15.1. The van der Waals surface area contributed by atoms with Crippen LogP contribution >= 0.6 is 0 Å². The van der Waals surface area contributed by atoms with Crippen molar-refractivity contribution in [2.75, 3.05) is 31.3 Å². The molecule has 1 fully saturated rings. The average molecular weight is 367 g/mol. The molecule has 7 heteroatoms. The minimum absolute atomic E-state index is 0.185. The van der Waals surface area contributed by atoms with Gasteiger partial charge in [0.1, 0.15) is 0 Å². The Labute approximate surface area is 157 Å². The smallest absolute Gasteiger partial charge is 0.304 e. The zero-order chi connectivity index (χ0) is 18.9. The van der Waals surface area contributed by atoms with Gasteiger partial charge in [-0.15, -0.1) is 0 Å². The lowest BCUT2D eigenvalue weighted by atomic mass is 9.89. The lowest BCUT2D eigenvalue weighted by Gasteiger charge is -2.36. The Hall–Kier alpha value is -2.77. The van der Waals surface area contributed by atoms with Crippen LogP contribution in [0.25, 0.3) is 0 Å². The number of morpholine rings is 1. The number of hydrazine groups is 1. The van der Waals surface area contributed by atoms with Crippen molar-refractivity contribution in [2.45, 2.75) is 18.9 Å². The van der Waals surface area contributed by atoms with Gasteiger partial charge in [0.25, 0.3) is 5.91 Å². The average Bonchev–Trinajstić information content (AvgIpc) is 2.91. The second-order valence-corrected chi connectivity index (χ2v) is 6.62. The van der Waals surface area contributed by atoms with Gasteiger partial charge >= 0.3 is 5.97 Å². The number of carbonyl (C=O) groups excluding carboxylic acids is 2. The number of amides is 1. The van der Waals surface area contributed by atoms with E-state index in [0.29, 0.717) is 37.6 Å². The molecular weight excluding hydrogens is 346 g/mol. The maximum atomic E-state index is 13.7. The van der Waals surface area contributed by atoms with E-state index in [4.69, 9.17) is 9.47 Å². The largest absolute Gasteiger partial charge is 0.444 e. The van der Waals surface area contributed by atoms with Crippen LogP contribution < -0.4 is 5.01 Å². The van der Waals surface area contributed by atoms with E-state index in [-0.39, 0.29) is 12.3 Å². The third-order valence-corrected chi connectivity index (χ3v) is 4.85. The first kappa shape index (κ1) is 17.6. The van der Waals surface area contributed by atoms with E-state index >= 15 is 0 Å². The number of anilines is 1. The normalized spacial score (nSPS) is 22.6. The van der Waals surface area contributed by atoms with Gasteiger partial charge in [0.2, 0.25) is 5.60 Å². The summed E-state index contributed by atoms with van der Waals surface area (Å²) in [6, 6.07) is 13.0. The zero-order valence-electron chi connectivity index (χ0n) is 15.1. The van der Waals surface area contributed by atoms with Crippen LogP contribution in [0.3, 0.4) is 0 Å². The van der Waals surface area contributed by atoms with Gasteiger partial charge in [-0.1, -0.05) is 24.3 Å². The fraction of sp³-hybridized carbons (Fsp3) is 0.350. The summed E-state index contributed by atoms with van der Waals surface area (Å²) in [7, 11) is 0. The Balaban J connectivity index is 1.82. The first-order valence-corrected chi connectivity index (χ1v) is 8.98. The number of esters is 1. The molecule has 3 heterocycles. The number of ether oxygens (including phenoxy) is 2. The molecule has 1 amide bonds. The molecule has 1 unspecified atom stereocenters. The van der Waals surface area contributed by atoms with Crippen molar-refractivity contribution in [2.24, 2.45) is 0 Å². The monoisotopic (exact) mass is 367 g/mol. The standard InChI is InChI=1S/C20H21N3O4/c1-15(24)27-20(14-16-6-4-5-9-21-16)17-7-2-3-8-18(17)23(19(20)25)22-10-12-26-13-11-22/h2-9H,10-14H2,1H3. The molecule has 0 N–H and O–H groups in total. The maximum Gasteiger partial charge on any atom is 0.304 e. The first-order chi connectivity index (χ1) is 13.1. The van der Waals surface area contributed by atoms with Crippen LogP contribution in [0.4, 0.5) is 5.69 Å². The van der Waals surface area contributed by atoms with Crippen LogP contribution in [0.15, 0.2) is 48.7 Å². The Kier molecular flexibility index (Phi) is 4.63. The molecule has 1 atom stereocenters. The number of nitrogens with zero attached hydrogens (tertiary/aromatic N) is 3. The number of hydrogen-bond acceptors (Lipinski definition) is 6. The van der Waals surface area contributed by atoms with Crippen molar-refractivity contribution in [3.8, 4) is 0 Å². The lowest BCUT2D eigenvalue weighted by Crippen LogP contribution is -2.55. The Morgan fingerprint density at radius 2 is 1.93 bits per heavy atom. The summed E-state index contributed by atoms with van der Waals surface area (Å²) in [4.78, 5) is 30.0. The molecule has 4 rings (SSSR count). The van der Waals surface area contributed by atoms with Crippen LogP contribution in [-0.2, 0) is 31.1 Å². The highest BCUT2D eigenvalue weighted by Crippen LogP contribution is 2.45. The van der Waals surface area contributed by atoms with Gasteiger partial charge in [-0.25, -0.2) is 10.0 Å². The second kappa shape index (κ2) is 7.09. The third-order valence-electron chi connectivity index (χ3n) is 4.85. The molecule has 0 aliphatic carbocycles. The highest BCUT2D eigenvalue weighted by Gasteiger charge is 2.55. The molecule has 140 valence electrons. The van der Waals surface area contributed by atoms with E-state index in [0.717, 1.165) is 5.69 Å². The topological polar surface area (TPSA) is 72.0 Å². The number of rotatable bonds is 4. The van der Waals surface area contributed by atoms with Crippen molar-refractivity contribution in [3.63, 3.8) is 0 Å². The molecule has 0 saturated carbocycles. The van der Waals surface area contributed by atoms with E-state index in [1.54, 1.807) is 11.2 Å². The summed E-state index contributed by atoms with van der Waals surface area (Å²) in [6.45, 7) is 3.62. The quantitative estimate of drug-likeness (QED) is 0.766. The van der Waals surface area contributed by atoms with E-state index in [9.17, 15) is 9.59 Å². The molecule has 0 radical (unpaired) electrons. The Bertz CT molecular complexity index is 851. The van der Waals surface area contributed by atoms with E-state index in [2.05, 4.69) is 4.98 Å². The fourth-order valence-corrected chi connectivity index (χ4v) is 3.74. The molecule has 0 bridgehead atoms. The van der Waals surface area contributed by atoms with E-state index < -0.39 is 11.6 Å². The number of benzene rings is 1.